The molecule has 7 nitrogen and oxygen atoms in total. The van der Waals surface area contributed by atoms with Crippen LogP contribution in [0.4, 0.5) is 4.79 Å². The Morgan fingerprint density at radius 1 is 1.24 bits per heavy atom. The lowest BCUT2D eigenvalue weighted by atomic mass is 10.2. The maximum Gasteiger partial charge on any atom is 0.408 e. The minimum absolute atomic E-state index is 0.0602. The summed E-state index contributed by atoms with van der Waals surface area (Å²) in [6, 6.07) is 7.93. The third-order valence-corrected chi connectivity index (χ3v) is 2.61. The summed E-state index contributed by atoms with van der Waals surface area (Å²) in [7, 11) is 0. The lowest BCUT2D eigenvalue weighted by molar-refractivity contribution is -0.139. The number of benzene rings is 1. The summed E-state index contributed by atoms with van der Waals surface area (Å²) in [4.78, 5) is 33.3. The molecule has 1 atom stereocenters. The number of carbonyl (C=O) groups is 3. The molecular weight excluding hydrogens is 276 g/mol. The van der Waals surface area contributed by atoms with Crippen LogP contribution in [0.15, 0.2) is 30.3 Å². The third-order valence-electron chi connectivity index (χ3n) is 2.61. The van der Waals surface area contributed by atoms with Gasteiger partial charge in [-0.15, -0.1) is 0 Å². The second-order valence-electron chi connectivity index (χ2n) is 4.37. The molecule has 0 spiro atoms. The van der Waals surface area contributed by atoms with Gasteiger partial charge >= 0.3 is 12.1 Å². The SMILES string of the molecule is CC(=O)NCC[C@H](NC(=O)OCc1ccccc1)C(=O)O. The van der Waals surface area contributed by atoms with E-state index in [9.17, 15) is 14.4 Å². The van der Waals surface area contributed by atoms with Crippen LogP contribution in [-0.2, 0) is 20.9 Å². The Morgan fingerprint density at radius 2 is 1.90 bits per heavy atom. The number of aliphatic carboxylic acids is 1. The molecule has 0 fully saturated rings. The zero-order chi connectivity index (χ0) is 15.7. The van der Waals surface area contributed by atoms with Crippen molar-refractivity contribution in [1.82, 2.24) is 10.6 Å². The first-order valence-electron chi connectivity index (χ1n) is 6.43. The standard InChI is InChI=1S/C14H18N2O5/c1-10(17)15-8-7-12(13(18)19)16-14(20)21-9-11-5-3-2-4-6-11/h2-6,12H,7-9H2,1H3,(H,15,17)(H,16,20)(H,18,19)/t12-/m0/s1. The molecule has 21 heavy (non-hydrogen) atoms. The van der Waals surface area contributed by atoms with Gasteiger partial charge in [-0.05, 0) is 12.0 Å². The van der Waals surface area contributed by atoms with Gasteiger partial charge in [0, 0.05) is 13.5 Å². The second-order valence-corrected chi connectivity index (χ2v) is 4.37. The van der Waals surface area contributed by atoms with Gasteiger partial charge in [-0.1, -0.05) is 30.3 Å². The van der Waals surface area contributed by atoms with E-state index in [0.29, 0.717) is 0 Å². The topological polar surface area (TPSA) is 105 Å². The minimum atomic E-state index is -1.18. The lowest BCUT2D eigenvalue weighted by Gasteiger charge is -2.14. The van der Waals surface area contributed by atoms with Crippen molar-refractivity contribution in [2.24, 2.45) is 0 Å². The van der Waals surface area contributed by atoms with E-state index in [1.807, 2.05) is 18.2 Å². The highest BCUT2D eigenvalue weighted by Crippen LogP contribution is 2.01. The number of ether oxygens (including phenoxy) is 1. The van der Waals surface area contributed by atoms with Gasteiger partial charge in [0.2, 0.25) is 5.91 Å². The monoisotopic (exact) mass is 294 g/mol. The zero-order valence-electron chi connectivity index (χ0n) is 11.7. The average Bonchev–Trinajstić information content (AvgIpc) is 2.44. The van der Waals surface area contributed by atoms with Crippen LogP contribution in [0.3, 0.4) is 0 Å². The van der Waals surface area contributed by atoms with Gasteiger partial charge < -0.3 is 20.5 Å². The van der Waals surface area contributed by atoms with Crippen LogP contribution < -0.4 is 10.6 Å². The highest BCUT2D eigenvalue weighted by Gasteiger charge is 2.20. The molecule has 0 bridgehead atoms. The molecule has 0 saturated carbocycles. The van der Waals surface area contributed by atoms with Crippen molar-refractivity contribution >= 4 is 18.0 Å². The fourth-order valence-corrected chi connectivity index (χ4v) is 1.56. The molecule has 0 saturated heterocycles. The molecule has 0 heterocycles. The smallest absolute Gasteiger partial charge is 0.408 e. The van der Waals surface area contributed by atoms with Crippen molar-refractivity contribution in [2.75, 3.05) is 6.54 Å². The zero-order valence-corrected chi connectivity index (χ0v) is 11.7. The number of hydrogen-bond donors (Lipinski definition) is 3. The van der Waals surface area contributed by atoms with Crippen molar-refractivity contribution < 1.29 is 24.2 Å². The Labute approximate surface area is 122 Å². The van der Waals surface area contributed by atoms with Gasteiger partial charge in [-0.25, -0.2) is 9.59 Å². The lowest BCUT2D eigenvalue weighted by Crippen LogP contribution is -2.43. The Bertz CT molecular complexity index is 489. The molecule has 0 aliphatic heterocycles. The number of amides is 2. The maximum absolute atomic E-state index is 11.5. The first-order valence-corrected chi connectivity index (χ1v) is 6.43. The molecule has 3 N–H and O–H groups in total. The van der Waals surface area contributed by atoms with Gasteiger partial charge in [0.25, 0.3) is 0 Å². The molecule has 0 unspecified atom stereocenters. The number of hydrogen-bond acceptors (Lipinski definition) is 4. The Balaban J connectivity index is 2.38. The van der Waals surface area contributed by atoms with Crippen LogP contribution in [0.5, 0.6) is 0 Å². The van der Waals surface area contributed by atoms with Gasteiger partial charge in [-0.2, -0.15) is 0 Å². The van der Waals surface area contributed by atoms with Gasteiger partial charge in [0.05, 0.1) is 0 Å². The predicted octanol–water partition coefficient (Wildman–Crippen LogP) is 0.892. The summed E-state index contributed by atoms with van der Waals surface area (Å²) in [6.07, 6.45) is -0.732. The maximum atomic E-state index is 11.5. The normalized spacial score (nSPS) is 11.3. The van der Waals surface area contributed by atoms with Gasteiger partial charge in [-0.3, -0.25) is 4.79 Å². The summed E-state index contributed by atoms with van der Waals surface area (Å²) in [5.41, 5.74) is 0.803. The Kier molecular flexibility index (Phi) is 6.73. The molecule has 7 heteroatoms. The number of nitrogens with one attached hydrogen (secondary N) is 2. The summed E-state index contributed by atoms with van der Waals surface area (Å²) < 4.78 is 4.94. The molecule has 1 rings (SSSR count). The van der Waals surface area contributed by atoms with Crippen LogP contribution in [0, 0.1) is 0 Å². The van der Waals surface area contributed by atoms with E-state index in [1.54, 1.807) is 12.1 Å². The predicted molar refractivity (Wildman–Crippen MR) is 74.5 cm³/mol. The number of alkyl carbamates (subject to hydrolysis) is 1. The molecule has 0 aliphatic carbocycles. The van der Waals surface area contributed by atoms with Crippen LogP contribution in [0.1, 0.15) is 18.9 Å². The van der Waals surface area contributed by atoms with Crippen molar-refractivity contribution in [1.29, 1.82) is 0 Å². The highest BCUT2D eigenvalue weighted by atomic mass is 16.5. The molecule has 114 valence electrons. The van der Waals surface area contributed by atoms with Crippen LogP contribution in [-0.4, -0.2) is 35.7 Å². The fraction of sp³-hybridized carbons (Fsp3) is 0.357. The molecular formula is C14H18N2O5. The Hall–Kier alpha value is -2.57. The number of carboxylic acids is 1. The van der Waals surface area contributed by atoms with Crippen molar-refractivity contribution in [3.63, 3.8) is 0 Å². The summed E-state index contributed by atoms with van der Waals surface area (Å²) in [5.74, 6) is -1.44. The molecule has 0 aromatic heterocycles. The van der Waals surface area contributed by atoms with Gasteiger partial charge in [0.15, 0.2) is 0 Å². The van der Waals surface area contributed by atoms with E-state index in [4.69, 9.17) is 9.84 Å². The van der Waals surface area contributed by atoms with E-state index >= 15 is 0 Å². The number of carbonyl (C=O) groups excluding carboxylic acids is 2. The summed E-state index contributed by atoms with van der Waals surface area (Å²) in [6.45, 7) is 1.55. The van der Waals surface area contributed by atoms with E-state index in [-0.39, 0.29) is 25.5 Å². The number of carboxylic acid groups (broad SMARTS) is 1. The fourth-order valence-electron chi connectivity index (χ4n) is 1.56. The molecule has 0 aliphatic rings. The molecule has 2 amide bonds. The van der Waals surface area contributed by atoms with Crippen molar-refractivity contribution in [3.8, 4) is 0 Å². The Morgan fingerprint density at radius 3 is 2.48 bits per heavy atom. The average molecular weight is 294 g/mol. The first kappa shape index (κ1) is 16.5. The van der Waals surface area contributed by atoms with E-state index in [2.05, 4.69) is 10.6 Å². The van der Waals surface area contributed by atoms with Crippen molar-refractivity contribution in [2.45, 2.75) is 26.0 Å². The molecule has 1 aromatic rings. The van der Waals surface area contributed by atoms with E-state index < -0.39 is 18.1 Å². The largest absolute Gasteiger partial charge is 0.480 e. The van der Waals surface area contributed by atoms with Gasteiger partial charge in [0.1, 0.15) is 12.6 Å². The molecule has 0 radical (unpaired) electrons. The van der Waals surface area contributed by atoms with Crippen molar-refractivity contribution in [3.05, 3.63) is 35.9 Å². The second kappa shape index (κ2) is 8.57. The van der Waals surface area contributed by atoms with Crippen LogP contribution in [0.25, 0.3) is 0 Å². The molecule has 1 aromatic carbocycles. The summed E-state index contributed by atoms with van der Waals surface area (Å²) in [5, 5.41) is 13.7. The summed E-state index contributed by atoms with van der Waals surface area (Å²) >= 11 is 0. The number of rotatable bonds is 7. The van der Waals surface area contributed by atoms with Crippen LogP contribution in [0.2, 0.25) is 0 Å². The van der Waals surface area contributed by atoms with Crippen LogP contribution >= 0.6 is 0 Å². The minimum Gasteiger partial charge on any atom is -0.480 e. The highest BCUT2D eigenvalue weighted by molar-refractivity contribution is 5.80. The van der Waals surface area contributed by atoms with E-state index in [0.717, 1.165) is 5.56 Å². The van der Waals surface area contributed by atoms with E-state index in [1.165, 1.54) is 6.92 Å². The quantitative estimate of drug-likeness (QED) is 0.692. The first-order chi connectivity index (χ1) is 9.99. The third kappa shape index (κ3) is 6.95.